The van der Waals surface area contributed by atoms with Gasteiger partial charge in [0.05, 0.1) is 0 Å². The summed E-state index contributed by atoms with van der Waals surface area (Å²) >= 11 is 0. The van der Waals surface area contributed by atoms with E-state index < -0.39 is 11.8 Å². The Kier molecular flexibility index (Phi) is 6.07. The van der Waals surface area contributed by atoms with Crippen molar-refractivity contribution in [2.24, 2.45) is 32.9 Å². The molecule has 10 heteroatoms. The predicted molar refractivity (Wildman–Crippen MR) is 93.3 cm³/mol. The fourth-order valence-electron chi connectivity index (χ4n) is 1.88. The van der Waals surface area contributed by atoms with Crippen molar-refractivity contribution < 1.29 is 9.59 Å². The highest BCUT2D eigenvalue weighted by Crippen LogP contribution is 2.17. The van der Waals surface area contributed by atoms with E-state index >= 15 is 0 Å². The Morgan fingerprint density at radius 2 is 1.21 bits per heavy atom. The zero-order valence-corrected chi connectivity index (χ0v) is 13.2. The SMILES string of the molecule is Cl.NC(N)=NC(=O)c1cc(C(=O)N=C(N)N)cc(-n2cccc2)c1. The number of hydrogen-bond acceptors (Lipinski definition) is 2. The maximum Gasteiger partial charge on any atom is 0.280 e. The summed E-state index contributed by atoms with van der Waals surface area (Å²) in [7, 11) is 0. The van der Waals surface area contributed by atoms with E-state index in [1.165, 1.54) is 6.07 Å². The average Bonchev–Trinajstić information content (AvgIpc) is 2.99. The van der Waals surface area contributed by atoms with Crippen LogP contribution in [0.3, 0.4) is 0 Å². The first-order chi connectivity index (χ1) is 10.9. The Morgan fingerprint density at radius 3 is 1.58 bits per heavy atom. The van der Waals surface area contributed by atoms with Crippen molar-refractivity contribution >= 4 is 36.1 Å². The minimum absolute atomic E-state index is 0. The van der Waals surface area contributed by atoms with E-state index in [1.807, 2.05) is 0 Å². The maximum atomic E-state index is 12.0. The zero-order chi connectivity index (χ0) is 17.0. The molecule has 24 heavy (non-hydrogen) atoms. The van der Waals surface area contributed by atoms with Crippen molar-refractivity contribution in [3.8, 4) is 5.69 Å². The van der Waals surface area contributed by atoms with Gasteiger partial charge < -0.3 is 27.5 Å². The lowest BCUT2D eigenvalue weighted by atomic mass is 10.1. The van der Waals surface area contributed by atoms with Gasteiger partial charge >= 0.3 is 0 Å². The van der Waals surface area contributed by atoms with Crippen molar-refractivity contribution in [1.29, 1.82) is 0 Å². The summed E-state index contributed by atoms with van der Waals surface area (Å²) in [5.41, 5.74) is 21.6. The summed E-state index contributed by atoms with van der Waals surface area (Å²) < 4.78 is 1.71. The predicted octanol–water partition coefficient (Wildman–Crippen LogP) is -0.274. The van der Waals surface area contributed by atoms with Crippen molar-refractivity contribution in [1.82, 2.24) is 4.57 Å². The second-order valence-electron chi connectivity index (χ2n) is 4.54. The van der Waals surface area contributed by atoms with Crippen LogP contribution < -0.4 is 22.9 Å². The number of halogens is 1. The summed E-state index contributed by atoms with van der Waals surface area (Å²) in [5.74, 6) is -2.12. The maximum absolute atomic E-state index is 12.0. The first-order valence-corrected chi connectivity index (χ1v) is 6.43. The van der Waals surface area contributed by atoms with Gasteiger partial charge in [-0.25, -0.2) is 0 Å². The molecule has 0 aliphatic carbocycles. The molecule has 0 spiro atoms. The Bertz CT molecular complexity index is 756. The summed E-state index contributed by atoms with van der Waals surface area (Å²) in [5, 5.41) is 0. The van der Waals surface area contributed by atoms with Crippen LogP contribution in [0.2, 0.25) is 0 Å². The lowest BCUT2D eigenvalue weighted by Gasteiger charge is -2.07. The highest BCUT2D eigenvalue weighted by molar-refractivity contribution is 6.06. The van der Waals surface area contributed by atoms with Crippen LogP contribution in [-0.4, -0.2) is 28.3 Å². The number of rotatable bonds is 3. The standard InChI is InChI=1S/C14H15N7O2.ClH/c15-13(16)19-11(22)8-5-9(12(23)20-14(17)18)7-10(6-8)21-3-1-2-4-21;/h1-7H,(H4,15,16,19,22)(H4,17,18,20,23);1H. The highest BCUT2D eigenvalue weighted by atomic mass is 35.5. The van der Waals surface area contributed by atoms with E-state index in [9.17, 15) is 9.59 Å². The summed E-state index contributed by atoms with van der Waals surface area (Å²) in [6, 6.07) is 7.99. The molecule has 0 saturated carbocycles. The molecule has 0 aliphatic rings. The Labute approximate surface area is 143 Å². The molecule has 126 valence electrons. The zero-order valence-electron chi connectivity index (χ0n) is 12.4. The molecule has 0 aliphatic heterocycles. The lowest BCUT2D eigenvalue weighted by Crippen LogP contribution is -2.24. The number of nitrogens with zero attached hydrogens (tertiary/aromatic N) is 3. The van der Waals surface area contributed by atoms with Crippen LogP contribution in [0.4, 0.5) is 0 Å². The van der Waals surface area contributed by atoms with Gasteiger partial charge in [-0.05, 0) is 30.3 Å². The van der Waals surface area contributed by atoms with Gasteiger partial charge in [-0.15, -0.1) is 12.4 Å². The van der Waals surface area contributed by atoms with Crippen LogP contribution in [0.1, 0.15) is 20.7 Å². The smallest absolute Gasteiger partial charge is 0.280 e. The normalized spacial score (nSPS) is 9.50. The van der Waals surface area contributed by atoms with Gasteiger partial charge in [-0.3, -0.25) is 9.59 Å². The number of aromatic nitrogens is 1. The number of hydrogen-bond donors (Lipinski definition) is 4. The molecule has 0 bridgehead atoms. The fraction of sp³-hybridized carbons (Fsp3) is 0. The highest BCUT2D eigenvalue weighted by Gasteiger charge is 2.13. The molecule has 0 radical (unpaired) electrons. The van der Waals surface area contributed by atoms with Gasteiger partial charge in [0.25, 0.3) is 11.8 Å². The van der Waals surface area contributed by atoms with E-state index in [1.54, 1.807) is 41.2 Å². The topological polar surface area (TPSA) is 168 Å². The second-order valence-corrected chi connectivity index (χ2v) is 4.54. The number of amides is 2. The number of benzene rings is 1. The van der Waals surface area contributed by atoms with Crippen molar-refractivity contribution in [3.05, 3.63) is 53.9 Å². The first kappa shape index (κ1) is 18.7. The van der Waals surface area contributed by atoms with Crippen LogP contribution >= 0.6 is 12.4 Å². The first-order valence-electron chi connectivity index (χ1n) is 6.43. The van der Waals surface area contributed by atoms with Gasteiger partial charge in [-0.1, -0.05) is 0 Å². The molecule has 2 aromatic rings. The molecule has 0 saturated heterocycles. The fourth-order valence-corrected chi connectivity index (χ4v) is 1.88. The third kappa shape index (κ3) is 4.58. The van der Waals surface area contributed by atoms with E-state index in [4.69, 9.17) is 22.9 Å². The lowest BCUT2D eigenvalue weighted by molar-refractivity contribution is 0.100. The Hall–Kier alpha value is -3.33. The monoisotopic (exact) mass is 349 g/mol. The molecule has 1 heterocycles. The number of guanidine groups is 2. The summed E-state index contributed by atoms with van der Waals surface area (Å²) in [6.45, 7) is 0. The minimum atomic E-state index is -0.683. The Morgan fingerprint density at radius 1 is 0.792 bits per heavy atom. The van der Waals surface area contributed by atoms with Gasteiger partial charge in [0.1, 0.15) is 0 Å². The molecule has 1 aromatic carbocycles. The number of carbonyl (C=O) groups excluding carboxylic acids is 2. The van der Waals surface area contributed by atoms with Crippen molar-refractivity contribution in [2.75, 3.05) is 0 Å². The van der Waals surface area contributed by atoms with E-state index in [-0.39, 0.29) is 35.5 Å². The molecule has 0 unspecified atom stereocenters. The molecule has 8 N–H and O–H groups in total. The summed E-state index contributed by atoms with van der Waals surface area (Å²) in [4.78, 5) is 31.0. The average molecular weight is 350 g/mol. The van der Waals surface area contributed by atoms with Gasteiger partial charge in [0.2, 0.25) is 0 Å². The second kappa shape index (κ2) is 7.79. The quantitative estimate of drug-likeness (QED) is 0.439. The van der Waals surface area contributed by atoms with Crippen molar-refractivity contribution in [2.45, 2.75) is 0 Å². The molecular weight excluding hydrogens is 334 g/mol. The van der Waals surface area contributed by atoms with Crippen LogP contribution in [0, 0.1) is 0 Å². The van der Waals surface area contributed by atoms with E-state index in [0.717, 1.165) is 0 Å². The van der Waals surface area contributed by atoms with Crippen LogP contribution in [0.5, 0.6) is 0 Å². The third-order valence-electron chi connectivity index (χ3n) is 2.78. The molecule has 1 aromatic heterocycles. The number of nitrogens with two attached hydrogens (primary N) is 4. The van der Waals surface area contributed by atoms with Crippen molar-refractivity contribution in [3.63, 3.8) is 0 Å². The summed E-state index contributed by atoms with van der Waals surface area (Å²) in [6.07, 6.45) is 3.50. The van der Waals surface area contributed by atoms with Gasteiger partial charge in [-0.2, -0.15) is 9.98 Å². The third-order valence-corrected chi connectivity index (χ3v) is 2.78. The molecular formula is C14H16ClN7O2. The minimum Gasteiger partial charge on any atom is -0.370 e. The largest absolute Gasteiger partial charge is 0.370 e. The number of aliphatic imine (C=N–C) groups is 2. The van der Waals surface area contributed by atoms with Crippen LogP contribution in [0.25, 0.3) is 5.69 Å². The van der Waals surface area contributed by atoms with Gasteiger partial charge in [0.15, 0.2) is 11.9 Å². The molecule has 9 nitrogen and oxygen atoms in total. The van der Waals surface area contributed by atoms with Crippen LogP contribution in [0.15, 0.2) is 52.7 Å². The van der Waals surface area contributed by atoms with Gasteiger partial charge in [0, 0.05) is 29.2 Å². The van der Waals surface area contributed by atoms with Crippen LogP contribution in [-0.2, 0) is 0 Å². The number of carbonyl (C=O) groups is 2. The Balaban J connectivity index is 0.00000288. The molecule has 0 atom stereocenters. The van der Waals surface area contributed by atoms with E-state index in [0.29, 0.717) is 5.69 Å². The molecule has 2 rings (SSSR count). The van der Waals surface area contributed by atoms with E-state index in [2.05, 4.69) is 9.98 Å². The molecule has 2 amide bonds. The molecule has 0 fully saturated rings.